The van der Waals surface area contributed by atoms with E-state index in [1.54, 1.807) is 0 Å². The average Bonchev–Trinajstić information content (AvgIpc) is 2.50. The van der Waals surface area contributed by atoms with Gasteiger partial charge >= 0.3 is 0 Å². The van der Waals surface area contributed by atoms with Crippen molar-refractivity contribution in [1.82, 2.24) is 0 Å². The summed E-state index contributed by atoms with van der Waals surface area (Å²) in [4.78, 5) is 0. The summed E-state index contributed by atoms with van der Waals surface area (Å²) in [5.41, 5.74) is 2.22. The van der Waals surface area contributed by atoms with Crippen molar-refractivity contribution in [3.8, 4) is 0 Å². The van der Waals surface area contributed by atoms with Gasteiger partial charge in [0.2, 0.25) is 0 Å². The van der Waals surface area contributed by atoms with E-state index in [2.05, 4.69) is 44.2 Å². The van der Waals surface area contributed by atoms with E-state index in [0.29, 0.717) is 5.54 Å². The van der Waals surface area contributed by atoms with Crippen LogP contribution in [-0.2, 0) is 4.43 Å². The van der Waals surface area contributed by atoms with E-state index < -0.39 is 9.76 Å². The maximum absolute atomic E-state index is 5.93. The van der Waals surface area contributed by atoms with Gasteiger partial charge in [-0.05, 0) is 23.9 Å². The van der Waals surface area contributed by atoms with Crippen LogP contribution in [0.5, 0.6) is 0 Å². The van der Waals surface area contributed by atoms with Gasteiger partial charge in [-0.2, -0.15) is 0 Å². The van der Waals surface area contributed by atoms with Crippen LogP contribution in [-0.4, -0.2) is 16.4 Å². The molecule has 1 aromatic carbocycles. The summed E-state index contributed by atoms with van der Waals surface area (Å²) in [7, 11) is -0.428. The van der Waals surface area contributed by atoms with Gasteiger partial charge in [-0.3, -0.25) is 0 Å². The second-order valence-corrected chi connectivity index (χ2v) is 7.47. The average molecular weight is 293 g/mol. The summed E-state index contributed by atoms with van der Waals surface area (Å²) in [6.45, 7) is 5.42. The number of unbranched alkanes of at least 4 members (excludes halogenated alkanes) is 5. The van der Waals surface area contributed by atoms with E-state index in [0.717, 1.165) is 13.0 Å². The van der Waals surface area contributed by atoms with Gasteiger partial charge in [0.15, 0.2) is 9.76 Å². The lowest BCUT2D eigenvalue weighted by Gasteiger charge is -2.17. The Kier molecular flexibility index (Phi) is 10.6. The van der Waals surface area contributed by atoms with E-state index >= 15 is 0 Å². The standard InChI is InChI=1S/C18H32OSi/c1-3-5-6-7-8-12-15-18(20-19-16-4-2)17-13-10-9-11-14-17/h9-11,13-14,18H,3-8,12,15-16,20H2,1-2H3. The van der Waals surface area contributed by atoms with Crippen LogP contribution in [0, 0.1) is 0 Å². The first-order chi connectivity index (χ1) is 9.88. The molecule has 2 heteroatoms. The van der Waals surface area contributed by atoms with Crippen LogP contribution in [0.1, 0.15) is 76.3 Å². The van der Waals surface area contributed by atoms with E-state index in [1.807, 2.05) is 0 Å². The van der Waals surface area contributed by atoms with Gasteiger partial charge in [0, 0.05) is 6.61 Å². The normalized spacial score (nSPS) is 13.1. The summed E-state index contributed by atoms with van der Waals surface area (Å²) in [6, 6.07) is 11.0. The zero-order chi connectivity index (χ0) is 14.5. The minimum atomic E-state index is -0.428. The molecule has 0 saturated heterocycles. The highest BCUT2D eigenvalue weighted by Gasteiger charge is 2.12. The molecule has 1 nitrogen and oxygen atoms in total. The van der Waals surface area contributed by atoms with Gasteiger partial charge in [0.05, 0.1) is 0 Å². The van der Waals surface area contributed by atoms with Gasteiger partial charge in [0.1, 0.15) is 0 Å². The van der Waals surface area contributed by atoms with Crippen molar-refractivity contribution in [1.29, 1.82) is 0 Å². The number of hydrogen-bond acceptors (Lipinski definition) is 1. The minimum absolute atomic E-state index is 0.428. The number of hydrogen-bond donors (Lipinski definition) is 0. The van der Waals surface area contributed by atoms with Crippen LogP contribution >= 0.6 is 0 Å². The molecule has 0 bridgehead atoms. The predicted molar refractivity (Wildman–Crippen MR) is 92.0 cm³/mol. The quantitative estimate of drug-likeness (QED) is 0.389. The molecule has 1 atom stereocenters. The SMILES string of the molecule is CCCCCCCCC([SiH2]OCCC)c1ccccc1. The van der Waals surface area contributed by atoms with Gasteiger partial charge in [-0.1, -0.05) is 82.7 Å². The summed E-state index contributed by atoms with van der Waals surface area (Å²) >= 11 is 0. The molecule has 114 valence electrons. The molecule has 1 unspecified atom stereocenters. The predicted octanol–water partition coefficient (Wildman–Crippen LogP) is 4.99. The van der Waals surface area contributed by atoms with Crippen molar-refractivity contribution in [2.45, 2.75) is 70.8 Å². The van der Waals surface area contributed by atoms with Crippen molar-refractivity contribution in [3.63, 3.8) is 0 Å². The van der Waals surface area contributed by atoms with Gasteiger partial charge in [-0.15, -0.1) is 0 Å². The van der Waals surface area contributed by atoms with Crippen LogP contribution in [0.15, 0.2) is 30.3 Å². The van der Waals surface area contributed by atoms with Gasteiger partial charge in [-0.25, -0.2) is 0 Å². The van der Waals surface area contributed by atoms with Crippen LogP contribution in [0.25, 0.3) is 0 Å². The summed E-state index contributed by atoms with van der Waals surface area (Å²) < 4.78 is 5.93. The maximum Gasteiger partial charge on any atom is 0.168 e. The summed E-state index contributed by atoms with van der Waals surface area (Å²) in [6.07, 6.45) is 10.8. The van der Waals surface area contributed by atoms with Crippen molar-refractivity contribution in [2.75, 3.05) is 6.61 Å². The second-order valence-electron chi connectivity index (χ2n) is 5.74. The molecule has 0 aliphatic carbocycles. The van der Waals surface area contributed by atoms with Crippen LogP contribution in [0.2, 0.25) is 0 Å². The highest BCUT2D eigenvalue weighted by Crippen LogP contribution is 2.22. The van der Waals surface area contributed by atoms with Crippen molar-refractivity contribution in [2.24, 2.45) is 0 Å². The van der Waals surface area contributed by atoms with Crippen molar-refractivity contribution in [3.05, 3.63) is 35.9 Å². The van der Waals surface area contributed by atoms with E-state index in [-0.39, 0.29) is 0 Å². The third kappa shape index (κ3) is 7.86. The number of benzene rings is 1. The molecule has 0 N–H and O–H groups in total. The fourth-order valence-corrected chi connectivity index (χ4v) is 4.27. The Morgan fingerprint density at radius 1 is 0.900 bits per heavy atom. The molecule has 0 aromatic heterocycles. The first-order valence-corrected chi connectivity index (χ1v) is 9.90. The molecule has 20 heavy (non-hydrogen) atoms. The maximum atomic E-state index is 5.93. The first-order valence-electron chi connectivity index (χ1n) is 8.51. The fraction of sp³-hybridized carbons (Fsp3) is 0.667. The molecule has 0 radical (unpaired) electrons. The largest absolute Gasteiger partial charge is 0.423 e. The Morgan fingerprint density at radius 3 is 2.30 bits per heavy atom. The zero-order valence-electron chi connectivity index (χ0n) is 13.4. The Morgan fingerprint density at radius 2 is 1.60 bits per heavy atom. The molecule has 0 heterocycles. The van der Waals surface area contributed by atoms with Gasteiger partial charge < -0.3 is 4.43 Å². The molecule has 0 aliphatic rings. The van der Waals surface area contributed by atoms with E-state index in [4.69, 9.17) is 4.43 Å². The number of rotatable bonds is 12. The molecular formula is C18H32OSi. The highest BCUT2D eigenvalue weighted by molar-refractivity contribution is 6.29. The Bertz CT molecular complexity index is 312. The monoisotopic (exact) mass is 292 g/mol. The molecule has 1 aromatic rings. The molecular weight excluding hydrogens is 260 g/mol. The molecule has 0 fully saturated rings. The van der Waals surface area contributed by atoms with E-state index in [1.165, 1.54) is 50.5 Å². The fourth-order valence-electron chi connectivity index (χ4n) is 2.61. The lowest BCUT2D eigenvalue weighted by molar-refractivity contribution is 0.327. The second kappa shape index (κ2) is 12.2. The Hall–Kier alpha value is -0.603. The van der Waals surface area contributed by atoms with Crippen molar-refractivity contribution < 1.29 is 4.43 Å². The van der Waals surface area contributed by atoms with Crippen LogP contribution in [0.4, 0.5) is 0 Å². The molecule has 0 amide bonds. The molecule has 1 rings (SSSR count). The summed E-state index contributed by atoms with van der Waals surface area (Å²) in [5, 5.41) is 0. The summed E-state index contributed by atoms with van der Waals surface area (Å²) in [5.74, 6) is 0. The third-order valence-corrected chi connectivity index (χ3v) is 5.65. The lowest BCUT2D eigenvalue weighted by atomic mass is 10.0. The minimum Gasteiger partial charge on any atom is -0.423 e. The van der Waals surface area contributed by atoms with Crippen LogP contribution in [0.3, 0.4) is 0 Å². The smallest absolute Gasteiger partial charge is 0.168 e. The Balaban J connectivity index is 2.31. The molecule has 0 aliphatic heterocycles. The van der Waals surface area contributed by atoms with E-state index in [9.17, 15) is 0 Å². The van der Waals surface area contributed by atoms with Crippen molar-refractivity contribution >= 4 is 9.76 Å². The lowest BCUT2D eigenvalue weighted by Crippen LogP contribution is -2.13. The highest BCUT2D eigenvalue weighted by atomic mass is 28.2. The van der Waals surface area contributed by atoms with Gasteiger partial charge in [0.25, 0.3) is 0 Å². The Labute approximate surface area is 128 Å². The molecule has 0 saturated carbocycles. The first kappa shape index (κ1) is 17.4. The zero-order valence-corrected chi connectivity index (χ0v) is 14.9. The topological polar surface area (TPSA) is 9.23 Å². The third-order valence-electron chi connectivity index (χ3n) is 3.84. The van der Waals surface area contributed by atoms with Crippen LogP contribution < -0.4 is 0 Å². The molecule has 0 spiro atoms.